The van der Waals surface area contributed by atoms with Crippen LogP contribution in [0.3, 0.4) is 0 Å². The average Bonchev–Trinajstić information content (AvgIpc) is 2.73. The molecule has 2 aromatic rings. The first-order valence-electron chi connectivity index (χ1n) is 4.84. The van der Waals surface area contributed by atoms with Crippen LogP contribution >= 0.6 is 0 Å². The van der Waals surface area contributed by atoms with Crippen LogP contribution in [0.4, 0.5) is 0 Å². The molecule has 0 radical (unpaired) electrons. The lowest BCUT2D eigenvalue weighted by molar-refractivity contribution is 0.472. The van der Waals surface area contributed by atoms with Crippen LogP contribution in [-0.4, -0.2) is 33.7 Å². The van der Waals surface area contributed by atoms with Crippen molar-refractivity contribution in [3.05, 3.63) is 18.2 Å². The normalized spacial score (nSPS) is 15.4. The predicted molar refractivity (Wildman–Crippen MR) is 58.0 cm³/mol. The number of aromatic nitrogens is 2. The lowest BCUT2D eigenvalue weighted by atomic mass is 10.2. The van der Waals surface area contributed by atoms with Gasteiger partial charge in [-0.1, -0.05) is 0 Å². The second-order valence-corrected chi connectivity index (χ2v) is 3.38. The first-order valence-corrected chi connectivity index (χ1v) is 4.84. The van der Waals surface area contributed by atoms with Crippen LogP contribution in [0, 0.1) is 0 Å². The summed E-state index contributed by atoms with van der Waals surface area (Å²) in [5.74, 6) is 0.513. The van der Waals surface area contributed by atoms with E-state index in [1.807, 2.05) is 0 Å². The van der Waals surface area contributed by atoms with Crippen LogP contribution in [0.15, 0.2) is 26.7 Å². The molecule has 1 N–H and O–H groups in total. The molecule has 0 aliphatic carbocycles. The van der Waals surface area contributed by atoms with Crippen LogP contribution < -0.4 is 0 Å². The predicted octanol–water partition coefficient (Wildman–Crippen LogP) is 1.15. The highest BCUT2D eigenvalue weighted by molar-refractivity contribution is 6.02. The molecule has 2 aromatic heterocycles. The second-order valence-electron chi connectivity index (χ2n) is 3.38. The van der Waals surface area contributed by atoms with E-state index in [9.17, 15) is 5.11 Å². The summed E-state index contributed by atoms with van der Waals surface area (Å²) in [4.78, 5) is 16.2. The maximum Gasteiger partial charge on any atom is 0.247 e. The van der Waals surface area contributed by atoms with Crippen molar-refractivity contribution in [3.8, 4) is 5.75 Å². The molecular weight excluding hydrogens is 208 g/mol. The third kappa shape index (κ3) is 1.44. The summed E-state index contributed by atoms with van der Waals surface area (Å²) < 4.78 is 5.44. The van der Waals surface area contributed by atoms with E-state index in [1.165, 1.54) is 18.6 Å². The molecule has 0 spiro atoms. The molecule has 1 aliphatic heterocycles. The van der Waals surface area contributed by atoms with Crippen molar-refractivity contribution in [1.29, 1.82) is 0 Å². The monoisotopic (exact) mass is 216 g/mol. The van der Waals surface area contributed by atoms with Gasteiger partial charge in [0, 0.05) is 19.0 Å². The van der Waals surface area contributed by atoms with E-state index in [0.29, 0.717) is 30.1 Å². The van der Waals surface area contributed by atoms with E-state index in [0.717, 1.165) is 5.71 Å². The van der Waals surface area contributed by atoms with Gasteiger partial charge in [-0.2, -0.15) is 0 Å². The van der Waals surface area contributed by atoms with Crippen LogP contribution in [-0.2, 0) is 0 Å². The smallest absolute Gasteiger partial charge is 0.247 e. The number of fused-ring (bicyclic) bond motifs is 1. The highest BCUT2D eigenvalue weighted by Crippen LogP contribution is 2.19. The van der Waals surface area contributed by atoms with Crippen molar-refractivity contribution in [2.45, 2.75) is 6.42 Å². The van der Waals surface area contributed by atoms with Gasteiger partial charge in [0.05, 0.1) is 6.20 Å². The van der Waals surface area contributed by atoms with Crippen LogP contribution in [0.1, 0.15) is 12.3 Å². The molecule has 3 rings (SSSR count). The average molecular weight is 216 g/mol. The number of nitrogens with zero attached hydrogens (tertiary/aromatic N) is 4. The molecule has 0 saturated heterocycles. The molecule has 16 heavy (non-hydrogen) atoms. The van der Waals surface area contributed by atoms with E-state index >= 15 is 0 Å². The Hall–Kier alpha value is -2.24. The number of oxazole rings is 1. The summed E-state index contributed by atoms with van der Waals surface area (Å²) in [6, 6.07) is 1.51. The maximum atomic E-state index is 9.25. The van der Waals surface area contributed by atoms with E-state index in [1.54, 1.807) is 0 Å². The van der Waals surface area contributed by atoms with Gasteiger partial charge in [-0.25, -0.2) is 15.0 Å². The van der Waals surface area contributed by atoms with Gasteiger partial charge in [0.1, 0.15) is 23.3 Å². The Balaban J connectivity index is 2.11. The minimum absolute atomic E-state index is 0.0690. The minimum Gasteiger partial charge on any atom is -0.506 e. The number of hydrogen-bond acceptors (Lipinski definition) is 6. The topological polar surface area (TPSA) is 83.9 Å². The zero-order chi connectivity index (χ0) is 11.0. The largest absolute Gasteiger partial charge is 0.506 e. The molecule has 3 heterocycles. The van der Waals surface area contributed by atoms with Crippen molar-refractivity contribution in [3.63, 3.8) is 0 Å². The van der Waals surface area contributed by atoms with Crippen molar-refractivity contribution < 1.29 is 9.52 Å². The van der Waals surface area contributed by atoms with Gasteiger partial charge in [0.2, 0.25) is 11.6 Å². The zero-order valence-corrected chi connectivity index (χ0v) is 8.29. The Morgan fingerprint density at radius 1 is 1.38 bits per heavy atom. The highest BCUT2D eigenvalue weighted by atomic mass is 16.4. The zero-order valence-electron chi connectivity index (χ0n) is 8.29. The van der Waals surface area contributed by atoms with Crippen LogP contribution in [0.25, 0.3) is 11.2 Å². The summed E-state index contributed by atoms with van der Waals surface area (Å²) in [6.07, 6.45) is 3.52. The molecule has 0 amide bonds. The van der Waals surface area contributed by atoms with Crippen molar-refractivity contribution in [2.75, 3.05) is 6.54 Å². The fraction of sp³-hybridized carbons (Fsp3) is 0.200. The molecule has 0 saturated carbocycles. The standard InChI is InChI=1S/C10H8N4O2/c15-6-3-8-9(12-4-6)16-10(14-8)7-1-2-11-5-13-7/h3-5,15H,1-2H2. The lowest BCUT2D eigenvalue weighted by Crippen LogP contribution is -2.07. The first-order chi connectivity index (χ1) is 7.83. The number of aliphatic imine (C=N–C) groups is 2. The van der Waals surface area contributed by atoms with Gasteiger partial charge >= 0.3 is 0 Å². The van der Waals surface area contributed by atoms with Crippen molar-refractivity contribution in [1.82, 2.24) is 9.97 Å². The molecule has 1 aliphatic rings. The summed E-state index contributed by atoms with van der Waals surface area (Å²) >= 11 is 0. The van der Waals surface area contributed by atoms with Crippen molar-refractivity contribution in [2.24, 2.45) is 9.98 Å². The Morgan fingerprint density at radius 3 is 3.12 bits per heavy atom. The molecule has 0 unspecified atom stereocenters. The highest BCUT2D eigenvalue weighted by Gasteiger charge is 2.14. The van der Waals surface area contributed by atoms with Gasteiger partial charge < -0.3 is 9.52 Å². The maximum absolute atomic E-state index is 9.25. The molecule has 0 aromatic carbocycles. The molecule has 0 fully saturated rings. The van der Waals surface area contributed by atoms with E-state index < -0.39 is 0 Å². The fourth-order valence-corrected chi connectivity index (χ4v) is 1.50. The fourth-order valence-electron chi connectivity index (χ4n) is 1.50. The Bertz CT molecular complexity index is 600. The lowest BCUT2D eigenvalue weighted by Gasteiger charge is -2.01. The first kappa shape index (κ1) is 9.02. The summed E-state index contributed by atoms with van der Waals surface area (Å²) in [7, 11) is 0. The Labute approximate surface area is 90.4 Å². The van der Waals surface area contributed by atoms with Gasteiger partial charge in [-0.05, 0) is 0 Å². The third-order valence-corrected chi connectivity index (χ3v) is 2.25. The van der Waals surface area contributed by atoms with E-state index in [2.05, 4.69) is 20.0 Å². The Morgan fingerprint density at radius 2 is 2.31 bits per heavy atom. The quantitative estimate of drug-likeness (QED) is 0.774. The molecular formula is C10H8N4O2. The molecule has 6 heteroatoms. The van der Waals surface area contributed by atoms with Gasteiger partial charge in [-0.15, -0.1) is 0 Å². The Kier molecular flexibility index (Phi) is 1.92. The van der Waals surface area contributed by atoms with Crippen LogP contribution in [0.2, 0.25) is 0 Å². The number of aromatic hydroxyl groups is 1. The number of rotatable bonds is 1. The molecule has 0 atom stereocenters. The van der Waals surface area contributed by atoms with Crippen molar-refractivity contribution >= 4 is 23.3 Å². The van der Waals surface area contributed by atoms with Gasteiger partial charge in [0.25, 0.3) is 0 Å². The molecule has 80 valence electrons. The SMILES string of the molecule is Oc1cnc2oc(C3=NC=NCC3)nc2c1. The number of hydrogen-bond donors (Lipinski definition) is 1. The van der Waals surface area contributed by atoms with Crippen LogP contribution in [0.5, 0.6) is 5.75 Å². The summed E-state index contributed by atoms with van der Waals surface area (Å²) in [5.41, 5.74) is 1.69. The summed E-state index contributed by atoms with van der Waals surface area (Å²) in [6.45, 7) is 0.691. The minimum atomic E-state index is 0.0690. The second kappa shape index (κ2) is 3.41. The number of pyridine rings is 1. The van der Waals surface area contributed by atoms with Gasteiger partial charge in [-0.3, -0.25) is 4.99 Å². The van der Waals surface area contributed by atoms with Gasteiger partial charge in [0.15, 0.2) is 0 Å². The third-order valence-electron chi connectivity index (χ3n) is 2.25. The molecule has 0 bridgehead atoms. The van der Waals surface area contributed by atoms with E-state index in [4.69, 9.17) is 4.42 Å². The molecule has 6 nitrogen and oxygen atoms in total. The summed E-state index contributed by atoms with van der Waals surface area (Å²) in [5, 5.41) is 9.25. The van der Waals surface area contributed by atoms with E-state index in [-0.39, 0.29) is 5.75 Å².